The number of benzene rings is 1. The maximum Gasteiger partial charge on any atom is 0.141 e. The highest BCUT2D eigenvalue weighted by Crippen LogP contribution is 2.59. The van der Waals surface area contributed by atoms with Gasteiger partial charge in [-0.15, -0.1) is 0 Å². The zero-order valence-electron chi connectivity index (χ0n) is 12.9. The summed E-state index contributed by atoms with van der Waals surface area (Å²) in [6.07, 6.45) is 11.5. The van der Waals surface area contributed by atoms with Crippen LogP contribution in [0.3, 0.4) is 0 Å². The van der Waals surface area contributed by atoms with Crippen LogP contribution in [0.4, 0.5) is 4.39 Å². The molecule has 2 heteroatoms. The van der Waals surface area contributed by atoms with Crippen LogP contribution in [0.25, 0.3) is 0 Å². The van der Waals surface area contributed by atoms with Crippen molar-refractivity contribution in [1.82, 2.24) is 0 Å². The number of rotatable bonds is 4. The van der Waals surface area contributed by atoms with Crippen molar-refractivity contribution in [2.75, 3.05) is 0 Å². The lowest BCUT2D eigenvalue weighted by atomic mass is 9.51. The van der Waals surface area contributed by atoms with E-state index in [-0.39, 0.29) is 16.8 Å². The summed E-state index contributed by atoms with van der Waals surface area (Å²) in [4.78, 5) is 0. The molecule has 1 aromatic carbocycles. The van der Waals surface area contributed by atoms with Gasteiger partial charge >= 0.3 is 0 Å². The second-order valence-corrected chi connectivity index (χ2v) is 7.19. The van der Waals surface area contributed by atoms with Crippen molar-refractivity contribution in [2.24, 2.45) is 5.41 Å². The quantitative estimate of drug-likeness (QED) is 0.718. The van der Waals surface area contributed by atoms with Crippen LogP contribution in [0.2, 0.25) is 0 Å². The van der Waals surface area contributed by atoms with Crippen LogP contribution in [0, 0.1) is 22.6 Å². The zero-order valence-corrected chi connectivity index (χ0v) is 12.9. The van der Waals surface area contributed by atoms with Gasteiger partial charge in [-0.25, -0.2) is 4.39 Å². The molecule has 1 nitrogen and oxygen atoms in total. The van der Waals surface area contributed by atoms with E-state index in [2.05, 4.69) is 6.92 Å². The number of nitrogens with zero attached hydrogens (tertiary/aromatic N) is 1. The average molecular weight is 285 g/mol. The Morgan fingerprint density at radius 1 is 1.14 bits per heavy atom. The first-order valence-electron chi connectivity index (χ1n) is 8.33. The molecule has 0 radical (unpaired) electrons. The molecule has 3 aliphatic carbocycles. The third-order valence-corrected chi connectivity index (χ3v) is 6.16. The molecule has 3 fully saturated rings. The van der Waals surface area contributed by atoms with Gasteiger partial charge in [0.05, 0.1) is 5.56 Å². The molecule has 3 saturated carbocycles. The lowest BCUT2D eigenvalue weighted by Gasteiger charge is -2.54. The van der Waals surface area contributed by atoms with E-state index in [1.54, 1.807) is 12.1 Å². The van der Waals surface area contributed by atoms with Crippen molar-refractivity contribution < 1.29 is 4.39 Å². The predicted octanol–water partition coefficient (Wildman–Crippen LogP) is 5.48. The standard InChI is InChI=1S/C19H24FN/c1-2-3-6-18-7-10-19(11-8-18,12-9-18)16-5-4-15(14-21)17(20)13-16/h4-5,13H,2-3,6-12H2,1H3. The minimum Gasteiger partial charge on any atom is -0.206 e. The van der Waals surface area contributed by atoms with Crippen molar-refractivity contribution in [3.63, 3.8) is 0 Å². The first-order chi connectivity index (χ1) is 10.1. The number of halogens is 1. The summed E-state index contributed by atoms with van der Waals surface area (Å²) in [6.45, 7) is 2.27. The van der Waals surface area contributed by atoms with Gasteiger partial charge in [-0.05, 0) is 73.5 Å². The third-order valence-electron chi connectivity index (χ3n) is 6.16. The Balaban J connectivity index is 1.80. The lowest BCUT2D eigenvalue weighted by Crippen LogP contribution is -2.44. The smallest absolute Gasteiger partial charge is 0.141 e. The Labute approximate surface area is 127 Å². The van der Waals surface area contributed by atoms with Crippen molar-refractivity contribution in [1.29, 1.82) is 5.26 Å². The predicted molar refractivity (Wildman–Crippen MR) is 82.5 cm³/mol. The summed E-state index contributed by atoms with van der Waals surface area (Å²) in [5, 5.41) is 8.88. The molecule has 0 spiro atoms. The molecular formula is C19H24FN. The van der Waals surface area contributed by atoms with Crippen LogP contribution in [0.5, 0.6) is 0 Å². The number of nitriles is 1. The Bertz CT molecular complexity index is 545. The van der Waals surface area contributed by atoms with Crippen LogP contribution >= 0.6 is 0 Å². The molecule has 21 heavy (non-hydrogen) atoms. The number of fused-ring (bicyclic) bond motifs is 3. The van der Waals surface area contributed by atoms with Crippen LogP contribution in [0.1, 0.15) is 75.8 Å². The number of hydrogen-bond donors (Lipinski definition) is 0. The van der Waals surface area contributed by atoms with Crippen LogP contribution in [-0.4, -0.2) is 0 Å². The highest BCUT2D eigenvalue weighted by Gasteiger charge is 2.48. The van der Waals surface area contributed by atoms with E-state index in [1.807, 2.05) is 12.1 Å². The van der Waals surface area contributed by atoms with Crippen molar-refractivity contribution >= 4 is 0 Å². The number of unbranched alkanes of at least 4 members (excludes halogenated alkanes) is 1. The van der Waals surface area contributed by atoms with Crippen LogP contribution < -0.4 is 0 Å². The molecule has 0 amide bonds. The van der Waals surface area contributed by atoms with Gasteiger partial charge in [0.15, 0.2) is 0 Å². The lowest BCUT2D eigenvalue weighted by molar-refractivity contribution is 0.0307. The van der Waals surface area contributed by atoms with Crippen LogP contribution in [-0.2, 0) is 5.41 Å². The average Bonchev–Trinajstić information content (AvgIpc) is 2.54. The van der Waals surface area contributed by atoms with Gasteiger partial charge in [-0.2, -0.15) is 5.26 Å². The van der Waals surface area contributed by atoms with E-state index in [1.165, 1.54) is 57.8 Å². The fourth-order valence-electron chi connectivity index (χ4n) is 4.56. The van der Waals surface area contributed by atoms with Crippen molar-refractivity contribution in [3.8, 4) is 6.07 Å². The van der Waals surface area contributed by atoms with Crippen molar-refractivity contribution in [3.05, 3.63) is 35.1 Å². The van der Waals surface area contributed by atoms with Gasteiger partial charge in [0.1, 0.15) is 11.9 Å². The van der Waals surface area contributed by atoms with Crippen LogP contribution in [0.15, 0.2) is 18.2 Å². The van der Waals surface area contributed by atoms with Crippen molar-refractivity contribution in [2.45, 2.75) is 70.1 Å². The molecular weight excluding hydrogens is 261 g/mol. The fraction of sp³-hybridized carbons (Fsp3) is 0.632. The van der Waals surface area contributed by atoms with Gasteiger partial charge in [0.25, 0.3) is 0 Å². The van der Waals surface area contributed by atoms with E-state index in [4.69, 9.17) is 5.26 Å². The fourth-order valence-corrected chi connectivity index (χ4v) is 4.56. The summed E-state index contributed by atoms with van der Waals surface area (Å²) in [6, 6.07) is 7.20. The monoisotopic (exact) mass is 285 g/mol. The van der Waals surface area contributed by atoms with E-state index < -0.39 is 0 Å². The maximum absolute atomic E-state index is 13.9. The summed E-state index contributed by atoms with van der Waals surface area (Å²) < 4.78 is 13.9. The molecule has 3 aliphatic rings. The topological polar surface area (TPSA) is 23.8 Å². The second kappa shape index (κ2) is 5.44. The normalized spacial score (nSPS) is 31.1. The van der Waals surface area contributed by atoms with Gasteiger partial charge in [-0.1, -0.05) is 25.8 Å². The van der Waals surface area contributed by atoms with E-state index in [0.29, 0.717) is 5.41 Å². The molecule has 0 N–H and O–H groups in total. The first kappa shape index (κ1) is 14.6. The summed E-state index contributed by atoms with van der Waals surface area (Å²) >= 11 is 0. The summed E-state index contributed by atoms with van der Waals surface area (Å²) in [5.41, 5.74) is 2.06. The summed E-state index contributed by atoms with van der Waals surface area (Å²) in [7, 11) is 0. The highest BCUT2D eigenvalue weighted by atomic mass is 19.1. The molecule has 1 aromatic rings. The minimum absolute atomic E-state index is 0.166. The van der Waals surface area contributed by atoms with E-state index in [0.717, 1.165) is 5.56 Å². The van der Waals surface area contributed by atoms with E-state index in [9.17, 15) is 4.39 Å². The molecule has 2 bridgehead atoms. The van der Waals surface area contributed by atoms with Gasteiger partial charge in [-0.3, -0.25) is 0 Å². The summed E-state index contributed by atoms with van der Waals surface area (Å²) in [5.74, 6) is -0.349. The van der Waals surface area contributed by atoms with Gasteiger partial charge in [0, 0.05) is 0 Å². The second-order valence-electron chi connectivity index (χ2n) is 7.19. The largest absolute Gasteiger partial charge is 0.206 e. The molecule has 4 rings (SSSR count). The molecule has 112 valence electrons. The SMILES string of the molecule is CCCCC12CCC(c3ccc(C#N)c(F)c3)(CC1)CC2. The highest BCUT2D eigenvalue weighted by molar-refractivity contribution is 5.37. The molecule has 0 aromatic heterocycles. The molecule has 0 atom stereocenters. The Kier molecular flexibility index (Phi) is 3.78. The minimum atomic E-state index is -0.349. The Morgan fingerprint density at radius 3 is 2.33 bits per heavy atom. The molecule has 0 saturated heterocycles. The Hall–Kier alpha value is -1.36. The number of hydrogen-bond acceptors (Lipinski definition) is 1. The zero-order chi connectivity index (χ0) is 14.9. The molecule has 0 heterocycles. The van der Waals surface area contributed by atoms with E-state index >= 15 is 0 Å². The van der Waals surface area contributed by atoms with Gasteiger partial charge in [0.2, 0.25) is 0 Å². The Morgan fingerprint density at radius 2 is 1.81 bits per heavy atom. The maximum atomic E-state index is 13.9. The molecule has 0 aliphatic heterocycles. The first-order valence-corrected chi connectivity index (χ1v) is 8.33. The third kappa shape index (κ3) is 2.48. The van der Waals surface area contributed by atoms with Gasteiger partial charge < -0.3 is 0 Å². The molecule has 0 unspecified atom stereocenters.